The third-order valence-electron chi connectivity index (χ3n) is 5.22. The van der Waals surface area contributed by atoms with E-state index in [4.69, 9.17) is 0 Å². The van der Waals surface area contributed by atoms with Gasteiger partial charge in [-0.1, -0.05) is 0 Å². The summed E-state index contributed by atoms with van der Waals surface area (Å²) in [7, 11) is 0. The second-order valence-electron chi connectivity index (χ2n) is 7.77. The molecule has 0 aromatic carbocycles. The first kappa shape index (κ1) is 16.2. The number of aliphatic hydroxyl groups is 2. The fourth-order valence-corrected chi connectivity index (χ4v) is 4.45. The molecule has 0 aromatic rings. The fraction of sp³-hybridized carbons (Fsp3) is 1.00. The number of β-amino-alcohol motifs (C(OH)–C–C–N with tert-alkyl or cyclic N) is 1. The van der Waals surface area contributed by atoms with Crippen LogP contribution in [0.15, 0.2) is 0 Å². The van der Waals surface area contributed by atoms with Gasteiger partial charge in [0, 0.05) is 30.6 Å². The summed E-state index contributed by atoms with van der Waals surface area (Å²) >= 11 is 0. The summed E-state index contributed by atoms with van der Waals surface area (Å²) in [5.41, 5.74) is 0.300. The zero-order valence-corrected chi connectivity index (χ0v) is 13.6. The van der Waals surface area contributed by atoms with Crippen LogP contribution in [0.1, 0.15) is 59.8 Å². The minimum Gasteiger partial charge on any atom is -0.395 e. The number of aliphatic hydroxyl groups excluding tert-OH is 2. The molecule has 2 fully saturated rings. The third kappa shape index (κ3) is 3.19. The van der Waals surface area contributed by atoms with Gasteiger partial charge in [0.25, 0.3) is 0 Å². The average Bonchev–Trinajstić information content (AvgIpc) is 2.30. The first-order valence-electron chi connectivity index (χ1n) is 8.10. The van der Waals surface area contributed by atoms with Crippen LogP contribution in [0.25, 0.3) is 0 Å². The minimum absolute atomic E-state index is 0.150. The summed E-state index contributed by atoms with van der Waals surface area (Å²) in [6.07, 6.45) is 5.34. The van der Waals surface area contributed by atoms with Crippen molar-refractivity contribution in [2.75, 3.05) is 19.7 Å². The lowest BCUT2D eigenvalue weighted by Gasteiger charge is -2.59. The van der Waals surface area contributed by atoms with Gasteiger partial charge in [-0.05, 0) is 53.4 Å². The van der Waals surface area contributed by atoms with Crippen LogP contribution >= 0.6 is 0 Å². The van der Waals surface area contributed by atoms with Crippen molar-refractivity contribution in [3.8, 4) is 0 Å². The van der Waals surface area contributed by atoms with Crippen molar-refractivity contribution >= 4 is 0 Å². The van der Waals surface area contributed by atoms with Gasteiger partial charge in [0.2, 0.25) is 0 Å². The van der Waals surface area contributed by atoms with Gasteiger partial charge in [-0.3, -0.25) is 9.80 Å². The summed E-state index contributed by atoms with van der Waals surface area (Å²) < 4.78 is 0. The summed E-state index contributed by atoms with van der Waals surface area (Å²) in [6, 6.07) is 0. The molecule has 0 aromatic heterocycles. The molecule has 2 saturated heterocycles. The predicted octanol–water partition coefficient (Wildman–Crippen LogP) is 1.80. The summed E-state index contributed by atoms with van der Waals surface area (Å²) in [4.78, 5) is 4.98. The zero-order chi connectivity index (χ0) is 15.0. The highest BCUT2D eigenvalue weighted by Gasteiger charge is 2.47. The van der Waals surface area contributed by atoms with Gasteiger partial charge >= 0.3 is 0 Å². The molecule has 0 bridgehead atoms. The SMILES string of the molecule is CC1(C)CCCC(C)(C)N1C1CC(O)CCN1CCO. The highest BCUT2D eigenvalue weighted by molar-refractivity contribution is 5.01. The van der Waals surface area contributed by atoms with Gasteiger partial charge in [-0.2, -0.15) is 0 Å². The van der Waals surface area contributed by atoms with Gasteiger partial charge in [0.05, 0.1) is 18.9 Å². The number of rotatable bonds is 3. The molecule has 118 valence electrons. The van der Waals surface area contributed by atoms with Crippen LogP contribution < -0.4 is 0 Å². The van der Waals surface area contributed by atoms with Crippen molar-refractivity contribution in [3.05, 3.63) is 0 Å². The molecule has 4 nitrogen and oxygen atoms in total. The smallest absolute Gasteiger partial charge is 0.0657 e. The van der Waals surface area contributed by atoms with Crippen LogP contribution in [0.5, 0.6) is 0 Å². The van der Waals surface area contributed by atoms with Crippen LogP contribution in [0.4, 0.5) is 0 Å². The highest BCUT2D eigenvalue weighted by atomic mass is 16.3. The normalized spacial score (nSPS) is 35.1. The minimum atomic E-state index is -0.205. The molecule has 0 saturated carbocycles. The molecular formula is C16H32N2O2. The first-order valence-corrected chi connectivity index (χ1v) is 8.10. The standard InChI is InChI=1S/C16H32N2O2/c1-15(2)7-5-8-16(3,4)18(15)14-12-13(20)6-9-17(14)10-11-19/h13-14,19-20H,5-12H2,1-4H3. The van der Waals surface area contributed by atoms with E-state index in [1.54, 1.807) is 0 Å². The Kier molecular flexibility index (Phi) is 4.80. The van der Waals surface area contributed by atoms with Gasteiger partial charge in [0.15, 0.2) is 0 Å². The van der Waals surface area contributed by atoms with E-state index in [0.29, 0.717) is 6.54 Å². The van der Waals surface area contributed by atoms with Crippen molar-refractivity contribution in [1.82, 2.24) is 9.80 Å². The van der Waals surface area contributed by atoms with Crippen LogP contribution in [0, 0.1) is 0 Å². The fourth-order valence-electron chi connectivity index (χ4n) is 4.45. The lowest BCUT2D eigenvalue weighted by atomic mass is 9.78. The van der Waals surface area contributed by atoms with Crippen LogP contribution in [-0.4, -0.2) is 63.1 Å². The Balaban J connectivity index is 2.27. The Bertz CT molecular complexity index is 314. The average molecular weight is 284 g/mol. The second kappa shape index (κ2) is 5.91. The maximum Gasteiger partial charge on any atom is 0.0657 e. The van der Waals surface area contributed by atoms with E-state index in [2.05, 4.69) is 37.5 Å². The van der Waals surface area contributed by atoms with Gasteiger partial charge in [-0.15, -0.1) is 0 Å². The monoisotopic (exact) mass is 284 g/mol. The molecule has 2 unspecified atom stereocenters. The quantitative estimate of drug-likeness (QED) is 0.830. The topological polar surface area (TPSA) is 46.9 Å². The van der Waals surface area contributed by atoms with E-state index in [1.165, 1.54) is 19.3 Å². The van der Waals surface area contributed by atoms with Crippen molar-refractivity contribution in [1.29, 1.82) is 0 Å². The van der Waals surface area contributed by atoms with Crippen molar-refractivity contribution in [3.63, 3.8) is 0 Å². The lowest BCUT2D eigenvalue weighted by molar-refractivity contribution is -0.142. The Morgan fingerprint density at radius 2 is 1.70 bits per heavy atom. The molecule has 20 heavy (non-hydrogen) atoms. The molecule has 0 amide bonds. The molecule has 2 rings (SSSR count). The van der Waals surface area contributed by atoms with E-state index in [1.807, 2.05) is 0 Å². The number of piperidine rings is 2. The first-order chi connectivity index (χ1) is 9.28. The van der Waals surface area contributed by atoms with E-state index in [9.17, 15) is 10.2 Å². The number of hydrogen-bond donors (Lipinski definition) is 2. The number of hydrogen-bond acceptors (Lipinski definition) is 4. The van der Waals surface area contributed by atoms with Crippen LogP contribution in [0.3, 0.4) is 0 Å². The van der Waals surface area contributed by atoms with E-state index in [0.717, 1.165) is 19.4 Å². The second-order valence-corrected chi connectivity index (χ2v) is 7.77. The van der Waals surface area contributed by atoms with Crippen molar-refractivity contribution < 1.29 is 10.2 Å². The molecule has 2 heterocycles. The molecule has 2 N–H and O–H groups in total. The summed E-state index contributed by atoms with van der Waals surface area (Å²) in [5.74, 6) is 0. The van der Waals surface area contributed by atoms with E-state index in [-0.39, 0.29) is 30.0 Å². The molecule has 0 radical (unpaired) electrons. The van der Waals surface area contributed by atoms with E-state index >= 15 is 0 Å². The molecule has 2 aliphatic heterocycles. The molecule has 0 spiro atoms. The van der Waals surface area contributed by atoms with Gasteiger partial charge < -0.3 is 10.2 Å². The Hall–Kier alpha value is -0.160. The highest BCUT2D eigenvalue weighted by Crippen LogP contribution is 2.42. The Labute approximate surface area is 123 Å². The molecule has 0 aliphatic carbocycles. The van der Waals surface area contributed by atoms with Crippen LogP contribution in [0.2, 0.25) is 0 Å². The lowest BCUT2D eigenvalue weighted by Crippen LogP contribution is -2.68. The number of likely N-dealkylation sites (tertiary alicyclic amines) is 2. The Morgan fingerprint density at radius 3 is 2.25 bits per heavy atom. The third-order valence-corrected chi connectivity index (χ3v) is 5.22. The summed E-state index contributed by atoms with van der Waals surface area (Å²) in [6.45, 7) is 11.1. The van der Waals surface area contributed by atoms with Crippen LogP contribution in [-0.2, 0) is 0 Å². The number of nitrogens with zero attached hydrogens (tertiary/aromatic N) is 2. The molecular weight excluding hydrogens is 252 g/mol. The maximum absolute atomic E-state index is 10.1. The zero-order valence-electron chi connectivity index (χ0n) is 13.6. The summed E-state index contributed by atoms with van der Waals surface area (Å²) in [5, 5.41) is 19.5. The maximum atomic E-state index is 10.1. The largest absolute Gasteiger partial charge is 0.395 e. The molecule has 2 aliphatic rings. The van der Waals surface area contributed by atoms with Gasteiger partial charge in [-0.25, -0.2) is 0 Å². The van der Waals surface area contributed by atoms with Crippen molar-refractivity contribution in [2.45, 2.75) is 83.1 Å². The van der Waals surface area contributed by atoms with Crippen molar-refractivity contribution in [2.24, 2.45) is 0 Å². The molecule has 2 atom stereocenters. The molecule has 4 heteroatoms. The van der Waals surface area contributed by atoms with E-state index < -0.39 is 0 Å². The Morgan fingerprint density at radius 1 is 1.10 bits per heavy atom. The predicted molar refractivity (Wildman–Crippen MR) is 81.5 cm³/mol. The van der Waals surface area contributed by atoms with Gasteiger partial charge in [0.1, 0.15) is 0 Å².